The number of carbonyl (C=O) groups excluding carboxylic acids is 1. The Morgan fingerprint density at radius 2 is 1.48 bits per heavy atom. The minimum absolute atomic E-state index is 0.247. The van der Waals surface area contributed by atoms with E-state index in [0.29, 0.717) is 28.6 Å². The van der Waals surface area contributed by atoms with Crippen LogP contribution in [-0.4, -0.2) is 40.5 Å². The summed E-state index contributed by atoms with van der Waals surface area (Å²) in [6.07, 6.45) is 4.81. The van der Waals surface area contributed by atoms with Gasteiger partial charge in [-0.15, -0.1) is 0 Å². The summed E-state index contributed by atoms with van der Waals surface area (Å²) in [5.41, 5.74) is 1.32. The van der Waals surface area contributed by atoms with Crippen molar-refractivity contribution >= 4 is 5.91 Å². The van der Waals surface area contributed by atoms with Crippen molar-refractivity contribution in [2.24, 2.45) is 0 Å². The lowest BCUT2D eigenvalue weighted by Gasteiger charge is -2.20. The quantitative estimate of drug-likeness (QED) is 0.631. The molecule has 0 radical (unpaired) electrons. The third-order valence-electron chi connectivity index (χ3n) is 5.56. The van der Waals surface area contributed by atoms with E-state index < -0.39 is 0 Å². The van der Waals surface area contributed by atoms with Crippen molar-refractivity contribution in [3.8, 4) is 28.7 Å². The fourth-order valence-electron chi connectivity index (χ4n) is 3.81. The summed E-state index contributed by atoms with van der Waals surface area (Å²) < 4.78 is 27.6. The maximum absolute atomic E-state index is 12.9. The minimum atomic E-state index is -0.253. The van der Waals surface area contributed by atoms with E-state index in [4.69, 9.17) is 23.7 Å². The van der Waals surface area contributed by atoms with E-state index in [0.717, 1.165) is 24.2 Å². The molecular formula is C24H31NO6. The van der Waals surface area contributed by atoms with E-state index in [1.54, 1.807) is 19.2 Å². The molecule has 0 saturated heterocycles. The van der Waals surface area contributed by atoms with Crippen molar-refractivity contribution in [3.63, 3.8) is 0 Å². The molecule has 7 heteroatoms. The van der Waals surface area contributed by atoms with Crippen LogP contribution in [0.25, 0.3) is 0 Å². The Morgan fingerprint density at radius 1 is 0.871 bits per heavy atom. The van der Waals surface area contributed by atoms with Crippen molar-refractivity contribution < 1.29 is 28.5 Å². The van der Waals surface area contributed by atoms with Crippen LogP contribution in [0.4, 0.5) is 0 Å². The molecule has 0 aliphatic heterocycles. The average molecular weight is 430 g/mol. The van der Waals surface area contributed by atoms with Crippen molar-refractivity contribution in [1.82, 2.24) is 5.32 Å². The monoisotopic (exact) mass is 429 g/mol. The van der Waals surface area contributed by atoms with Gasteiger partial charge in [0.2, 0.25) is 5.75 Å². The van der Waals surface area contributed by atoms with Gasteiger partial charge in [0, 0.05) is 5.56 Å². The van der Waals surface area contributed by atoms with Crippen molar-refractivity contribution in [1.29, 1.82) is 0 Å². The molecular weight excluding hydrogens is 398 g/mol. The number of ether oxygens (including phenoxy) is 5. The first-order valence-electron chi connectivity index (χ1n) is 10.5. The fraction of sp³-hybridized carbons (Fsp3) is 0.458. The van der Waals surface area contributed by atoms with Gasteiger partial charge in [-0.3, -0.25) is 4.79 Å². The highest BCUT2D eigenvalue weighted by Gasteiger charge is 2.21. The second-order valence-electron chi connectivity index (χ2n) is 7.54. The van der Waals surface area contributed by atoms with Gasteiger partial charge in [0.1, 0.15) is 0 Å². The molecule has 168 valence electrons. The van der Waals surface area contributed by atoms with Crippen LogP contribution in [-0.2, 0) is 0 Å². The predicted octanol–water partition coefficient (Wildman–Crippen LogP) is 4.53. The standard InChI is InChI=1S/C24H31NO6/c1-15(16-10-11-19(20(12-16)27-2)31-18-8-6-7-9-18)25-24(26)17-13-21(28-3)23(30-5)22(14-17)29-4/h10-15,18H,6-9H2,1-5H3,(H,25,26)/t15-/m0/s1. The van der Waals surface area contributed by atoms with Gasteiger partial charge >= 0.3 is 0 Å². The smallest absolute Gasteiger partial charge is 0.252 e. The molecule has 1 amide bonds. The zero-order valence-corrected chi connectivity index (χ0v) is 18.8. The summed E-state index contributed by atoms with van der Waals surface area (Å²) >= 11 is 0. The summed E-state index contributed by atoms with van der Waals surface area (Å²) in [6.45, 7) is 1.92. The molecule has 3 rings (SSSR count). The van der Waals surface area contributed by atoms with Gasteiger partial charge in [-0.1, -0.05) is 6.07 Å². The van der Waals surface area contributed by atoms with E-state index in [-0.39, 0.29) is 18.1 Å². The summed E-state index contributed by atoms with van der Waals surface area (Å²) in [7, 11) is 6.18. The Balaban J connectivity index is 1.76. The Morgan fingerprint density at radius 3 is 2.03 bits per heavy atom. The van der Waals surface area contributed by atoms with Gasteiger partial charge < -0.3 is 29.0 Å². The molecule has 7 nitrogen and oxygen atoms in total. The van der Waals surface area contributed by atoms with Crippen LogP contribution in [0, 0.1) is 0 Å². The zero-order chi connectivity index (χ0) is 22.4. The lowest BCUT2D eigenvalue weighted by atomic mass is 10.1. The maximum Gasteiger partial charge on any atom is 0.252 e. The average Bonchev–Trinajstić information content (AvgIpc) is 3.31. The molecule has 0 spiro atoms. The molecule has 1 aliphatic rings. The molecule has 1 fully saturated rings. The highest BCUT2D eigenvalue weighted by Crippen LogP contribution is 2.38. The normalized spacial score (nSPS) is 14.6. The third-order valence-corrected chi connectivity index (χ3v) is 5.56. The fourth-order valence-corrected chi connectivity index (χ4v) is 3.81. The van der Waals surface area contributed by atoms with Gasteiger partial charge in [0.05, 0.1) is 40.6 Å². The van der Waals surface area contributed by atoms with Crippen LogP contribution in [0.15, 0.2) is 30.3 Å². The number of nitrogens with one attached hydrogen (secondary N) is 1. The SMILES string of the molecule is COc1cc([C@H](C)NC(=O)c2cc(OC)c(OC)c(OC)c2)ccc1OC1CCCC1. The Hall–Kier alpha value is -3.09. The first-order valence-corrected chi connectivity index (χ1v) is 10.5. The molecule has 1 aliphatic carbocycles. The summed E-state index contributed by atoms with van der Waals surface area (Å²) in [4.78, 5) is 12.9. The number of hydrogen-bond donors (Lipinski definition) is 1. The van der Waals surface area contributed by atoms with Crippen LogP contribution < -0.4 is 29.0 Å². The van der Waals surface area contributed by atoms with Crippen LogP contribution >= 0.6 is 0 Å². The maximum atomic E-state index is 12.9. The van der Waals surface area contributed by atoms with Crippen LogP contribution in [0.1, 0.15) is 54.6 Å². The highest BCUT2D eigenvalue weighted by molar-refractivity contribution is 5.95. The number of rotatable bonds is 9. The van der Waals surface area contributed by atoms with Crippen LogP contribution in [0.2, 0.25) is 0 Å². The van der Waals surface area contributed by atoms with Crippen molar-refractivity contribution in [2.45, 2.75) is 44.8 Å². The zero-order valence-electron chi connectivity index (χ0n) is 18.8. The highest BCUT2D eigenvalue weighted by atomic mass is 16.5. The first-order chi connectivity index (χ1) is 15.0. The van der Waals surface area contributed by atoms with E-state index in [1.807, 2.05) is 25.1 Å². The van der Waals surface area contributed by atoms with Gasteiger partial charge in [-0.05, 0) is 62.4 Å². The molecule has 0 aromatic heterocycles. The first kappa shape index (κ1) is 22.6. The van der Waals surface area contributed by atoms with E-state index in [9.17, 15) is 4.79 Å². The molecule has 0 unspecified atom stereocenters. The van der Waals surface area contributed by atoms with Crippen molar-refractivity contribution in [2.75, 3.05) is 28.4 Å². The molecule has 0 heterocycles. The van der Waals surface area contributed by atoms with E-state index in [1.165, 1.54) is 34.2 Å². The lowest BCUT2D eigenvalue weighted by Crippen LogP contribution is -2.26. The summed E-state index contributed by atoms with van der Waals surface area (Å²) in [5, 5.41) is 3.01. The second-order valence-corrected chi connectivity index (χ2v) is 7.54. The van der Waals surface area contributed by atoms with Crippen LogP contribution in [0.5, 0.6) is 28.7 Å². The van der Waals surface area contributed by atoms with Crippen LogP contribution in [0.3, 0.4) is 0 Å². The number of carbonyl (C=O) groups is 1. The van der Waals surface area contributed by atoms with E-state index in [2.05, 4.69) is 5.32 Å². The van der Waals surface area contributed by atoms with Gasteiger partial charge in [0.15, 0.2) is 23.0 Å². The number of methoxy groups -OCH3 is 4. The van der Waals surface area contributed by atoms with Gasteiger partial charge in [-0.2, -0.15) is 0 Å². The summed E-state index contributed by atoms with van der Waals surface area (Å²) in [5.74, 6) is 2.44. The van der Waals surface area contributed by atoms with E-state index >= 15 is 0 Å². The molecule has 1 N–H and O–H groups in total. The second kappa shape index (κ2) is 10.3. The summed E-state index contributed by atoms with van der Waals surface area (Å²) in [6, 6.07) is 8.78. The molecule has 2 aromatic rings. The lowest BCUT2D eigenvalue weighted by molar-refractivity contribution is 0.0939. The largest absolute Gasteiger partial charge is 0.493 e. The van der Waals surface area contributed by atoms with Gasteiger partial charge in [-0.25, -0.2) is 0 Å². The minimum Gasteiger partial charge on any atom is -0.493 e. The van der Waals surface area contributed by atoms with Crippen molar-refractivity contribution in [3.05, 3.63) is 41.5 Å². The predicted molar refractivity (Wildman–Crippen MR) is 118 cm³/mol. The van der Waals surface area contributed by atoms with Gasteiger partial charge in [0.25, 0.3) is 5.91 Å². The Kier molecular flexibility index (Phi) is 7.50. The topological polar surface area (TPSA) is 75.3 Å². The molecule has 1 saturated carbocycles. The molecule has 31 heavy (non-hydrogen) atoms. The third kappa shape index (κ3) is 5.16. The molecule has 1 atom stereocenters. The molecule has 0 bridgehead atoms. The number of benzene rings is 2. The molecule has 2 aromatic carbocycles. The number of hydrogen-bond acceptors (Lipinski definition) is 6. The Labute approximate surface area is 183 Å². The number of amides is 1. The Bertz CT molecular complexity index is 882.